The summed E-state index contributed by atoms with van der Waals surface area (Å²) in [6.07, 6.45) is 3.70. The van der Waals surface area contributed by atoms with Crippen LogP contribution in [0, 0.1) is 5.41 Å². The Labute approximate surface area is 135 Å². The molecule has 0 saturated heterocycles. The zero-order chi connectivity index (χ0) is 17.4. The van der Waals surface area contributed by atoms with Crippen molar-refractivity contribution >= 4 is 16.9 Å². The molecule has 0 saturated carbocycles. The minimum Gasteiger partial charge on any atom is -0.350 e. The lowest BCUT2D eigenvalue weighted by Gasteiger charge is -2.33. The molecule has 2 aromatic rings. The van der Waals surface area contributed by atoms with Crippen LogP contribution in [-0.2, 0) is 18.4 Å². The van der Waals surface area contributed by atoms with E-state index in [1.165, 1.54) is 21.8 Å². The number of aryl methyl sites for hydroxylation is 1. The third kappa shape index (κ3) is 4.18. The van der Waals surface area contributed by atoms with Crippen LogP contribution in [0.4, 0.5) is 0 Å². The summed E-state index contributed by atoms with van der Waals surface area (Å²) in [6.45, 7) is 10.3. The highest BCUT2D eigenvalue weighted by atomic mass is 16.2. The molecular weight excluding hydrogens is 294 g/mol. The van der Waals surface area contributed by atoms with Gasteiger partial charge in [-0.2, -0.15) is 5.10 Å². The van der Waals surface area contributed by atoms with Gasteiger partial charge in [-0.05, 0) is 25.7 Å². The first-order chi connectivity index (χ1) is 10.5. The summed E-state index contributed by atoms with van der Waals surface area (Å²) in [5, 5.41) is 7.43. The van der Waals surface area contributed by atoms with Gasteiger partial charge in [0.2, 0.25) is 5.91 Å². The van der Waals surface area contributed by atoms with Crippen molar-refractivity contribution in [3.63, 3.8) is 0 Å². The Morgan fingerprint density at radius 1 is 1.26 bits per heavy atom. The molecule has 23 heavy (non-hydrogen) atoms. The van der Waals surface area contributed by atoms with Crippen LogP contribution in [0.3, 0.4) is 0 Å². The number of nitrogens with one attached hydrogen (secondary N) is 1. The van der Waals surface area contributed by atoms with E-state index in [0.29, 0.717) is 11.0 Å². The Bertz CT molecular complexity index is 780. The maximum absolute atomic E-state index is 12.4. The summed E-state index contributed by atoms with van der Waals surface area (Å²) < 4.78 is 2.85. The number of amides is 1. The van der Waals surface area contributed by atoms with E-state index >= 15 is 0 Å². The second-order valence-electron chi connectivity index (χ2n) is 7.85. The van der Waals surface area contributed by atoms with Gasteiger partial charge >= 0.3 is 0 Å². The van der Waals surface area contributed by atoms with Gasteiger partial charge in [0, 0.05) is 12.6 Å². The molecule has 2 aromatic heterocycles. The lowest BCUT2D eigenvalue weighted by molar-refractivity contribution is -0.123. The largest absolute Gasteiger partial charge is 0.350 e. The second-order valence-corrected chi connectivity index (χ2v) is 7.85. The minimum absolute atomic E-state index is 0.0513. The topological polar surface area (TPSA) is 81.8 Å². The van der Waals surface area contributed by atoms with E-state index in [0.717, 1.165) is 6.42 Å². The molecular formula is C16H25N5O2. The molecule has 0 spiro atoms. The molecule has 0 atom stereocenters. The lowest BCUT2D eigenvalue weighted by atomic mass is 9.82. The fraction of sp³-hybridized carbons (Fsp3) is 0.625. The van der Waals surface area contributed by atoms with Crippen molar-refractivity contribution in [3.8, 4) is 0 Å². The average molecular weight is 319 g/mol. The van der Waals surface area contributed by atoms with E-state index in [1.54, 1.807) is 7.05 Å². The van der Waals surface area contributed by atoms with Crippen molar-refractivity contribution in [1.82, 2.24) is 24.6 Å². The van der Waals surface area contributed by atoms with Crippen LogP contribution in [0.25, 0.3) is 11.0 Å². The first-order valence-corrected chi connectivity index (χ1v) is 7.67. The molecule has 7 nitrogen and oxygen atoms in total. The molecule has 0 aromatic carbocycles. The summed E-state index contributed by atoms with van der Waals surface area (Å²) in [5.74, 6) is -0.202. The molecule has 0 fully saturated rings. The highest BCUT2D eigenvalue weighted by Gasteiger charge is 2.27. The molecule has 7 heteroatoms. The fourth-order valence-electron chi connectivity index (χ4n) is 3.12. The van der Waals surface area contributed by atoms with Gasteiger partial charge in [-0.1, -0.05) is 20.8 Å². The summed E-state index contributed by atoms with van der Waals surface area (Å²) in [5.41, 5.74) is 0.0146. The quantitative estimate of drug-likeness (QED) is 0.925. The SMILES string of the molecule is Cn1ncc2c(=O)n(CC(=O)NC(C)(C)CC(C)(C)C)cnc21. The van der Waals surface area contributed by atoms with Gasteiger partial charge in [0.1, 0.15) is 18.3 Å². The number of aromatic nitrogens is 4. The van der Waals surface area contributed by atoms with E-state index in [1.807, 2.05) is 13.8 Å². The van der Waals surface area contributed by atoms with Gasteiger partial charge < -0.3 is 5.32 Å². The Balaban J connectivity index is 2.15. The van der Waals surface area contributed by atoms with Crippen molar-refractivity contribution in [2.45, 2.75) is 53.1 Å². The highest BCUT2D eigenvalue weighted by Crippen LogP contribution is 2.26. The molecule has 1 amide bonds. The summed E-state index contributed by atoms with van der Waals surface area (Å²) >= 11 is 0. The number of fused-ring (bicyclic) bond motifs is 1. The maximum atomic E-state index is 12.4. The van der Waals surface area contributed by atoms with Gasteiger partial charge in [-0.3, -0.25) is 18.8 Å². The molecule has 1 N–H and O–H groups in total. The number of carbonyl (C=O) groups excluding carboxylic acids is 1. The van der Waals surface area contributed by atoms with E-state index in [9.17, 15) is 9.59 Å². The van der Waals surface area contributed by atoms with Crippen molar-refractivity contribution in [3.05, 3.63) is 22.9 Å². The van der Waals surface area contributed by atoms with Crippen LogP contribution in [0.1, 0.15) is 41.0 Å². The van der Waals surface area contributed by atoms with Crippen molar-refractivity contribution in [2.24, 2.45) is 12.5 Å². The Morgan fingerprint density at radius 3 is 2.52 bits per heavy atom. The van der Waals surface area contributed by atoms with E-state index < -0.39 is 0 Å². The zero-order valence-corrected chi connectivity index (χ0v) is 14.7. The Hall–Kier alpha value is -2.18. The van der Waals surface area contributed by atoms with Crippen LogP contribution in [-0.4, -0.2) is 30.8 Å². The lowest BCUT2D eigenvalue weighted by Crippen LogP contribution is -2.47. The summed E-state index contributed by atoms with van der Waals surface area (Å²) in [6, 6.07) is 0. The molecule has 0 unspecified atom stereocenters. The Morgan fingerprint density at radius 2 is 1.91 bits per heavy atom. The number of rotatable bonds is 4. The normalized spacial score (nSPS) is 12.6. The van der Waals surface area contributed by atoms with E-state index in [-0.39, 0.29) is 29.0 Å². The predicted octanol–water partition coefficient (Wildman–Crippen LogP) is 1.46. The minimum atomic E-state index is -0.342. The van der Waals surface area contributed by atoms with Gasteiger partial charge in [0.25, 0.3) is 5.56 Å². The summed E-state index contributed by atoms with van der Waals surface area (Å²) in [4.78, 5) is 28.8. The van der Waals surface area contributed by atoms with Crippen molar-refractivity contribution in [1.29, 1.82) is 0 Å². The smallest absolute Gasteiger partial charge is 0.264 e. The van der Waals surface area contributed by atoms with Crippen molar-refractivity contribution in [2.75, 3.05) is 0 Å². The molecule has 0 aliphatic carbocycles. The van der Waals surface area contributed by atoms with Crippen LogP contribution in [0.5, 0.6) is 0 Å². The van der Waals surface area contributed by atoms with Crippen LogP contribution < -0.4 is 10.9 Å². The molecule has 2 heterocycles. The van der Waals surface area contributed by atoms with Gasteiger partial charge in [-0.15, -0.1) is 0 Å². The zero-order valence-electron chi connectivity index (χ0n) is 14.7. The van der Waals surface area contributed by atoms with Crippen LogP contribution >= 0.6 is 0 Å². The van der Waals surface area contributed by atoms with Gasteiger partial charge in [-0.25, -0.2) is 4.98 Å². The third-order valence-corrected chi connectivity index (χ3v) is 3.48. The van der Waals surface area contributed by atoms with Gasteiger partial charge in [0.15, 0.2) is 5.65 Å². The van der Waals surface area contributed by atoms with Gasteiger partial charge in [0.05, 0.1) is 6.20 Å². The second kappa shape index (κ2) is 5.79. The van der Waals surface area contributed by atoms with Crippen molar-refractivity contribution < 1.29 is 4.79 Å². The fourth-order valence-corrected chi connectivity index (χ4v) is 3.12. The molecule has 2 rings (SSSR count). The monoisotopic (exact) mass is 319 g/mol. The molecule has 0 aliphatic heterocycles. The molecule has 0 bridgehead atoms. The Kier molecular flexibility index (Phi) is 4.32. The third-order valence-electron chi connectivity index (χ3n) is 3.48. The highest BCUT2D eigenvalue weighted by molar-refractivity contribution is 5.77. The number of hydrogen-bond acceptors (Lipinski definition) is 4. The maximum Gasteiger partial charge on any atom is 0.264 e. The van der Waals surface area contributed by atoms with E-state index in [2.05, 4.69) is 36.2 Å². The molecule has 0 radical (unpaired) electrons. The first kappa shape index (κ1) is 17.2. The summed E-state index contributed by atoms with van der Waals surface area (Å²) in [7, 11) is 1.72. The standard InChI is InChI=1S/C16H25N5O2/c1-15(2,3)9-16(4,5)19-12(22)8-21-10-17-13-11(14(21)23)7-18-20(13)6/h7,10H,8-9H2,1-6H3,(H,19,22). The number of nitrogens with zero attached hydrogens (tertiary/aromatic N) is 4. The van der Waals surface area contributed by atoms with Crippen LogP contribution in [0.15, 0.2) is 17.3 Å². The van der Waals surface area contributed by atoms with E-state index in [4.69, 9.17) is 0 Å². The number of hydrogen-bond donors (Lipinski definition) is 1. The molecule has 0 aliphatic rings. The predicted molar refractivity (Wildman–Crippen MR) is 89.1 cm³/mol. The van der Waals surface area contributed by atoms with Crippen LogP contribution in [0.2, 0.25) is 0 Å². The first-order valence-electron chi connectivity index (χ1n) is 7.67. The number of carbonyl (C=O) groups is 1. The average Bonchev–Trinajstić information content (AvgIpc) is 2.71. The molecule has 126 valence electrons.